The fourth-order valence-corrected chi connectivity index (χ4v) is 2.22. The molecule has 0 radical (unpaired) electrons. The molecule has 2 atom stereocenters. The molecule has 8 heteroatoms. The highest BCUT2D eigenvalue weighted by atomic mass is 35.5. The number of amides is 2. The zero-order valence-corrected chi connectivity index (χ0v) is 13.5. The summed E-state index contributed by atoms with van der Waals surface area (Å²) in [6.07, 6.45) is 3.45. The topological polar surface area (TPSA) is 79.2 Å². The van der Waals surface area contributed by atoms with Gasteiger partial charge in [-0.3, -0.25) is 4.68 Å². The molecule has 0 fully saturated rings. The summed E-state index contributed by atoms with van der Waals surface area (Å²) in [5, 5.41) is 18.8. The highest BCUT2D eigenvalue weighted by Crippen LogP contribution is 2.20. The maximum atomic E-state index is 13.5. The number of halogens is 2. The van der Waals surface area contributed by atoms with Crippen LogP contribution in [0.3, 0.4) is 0 Å². The molecule has 0 saturated carbocycles. The van der Waals surface area contributed by atoms with Crippen LogP contribution in [0.4, 0.5) is 9.18 Å². The summed E-state index contributed by atoms with van der Waals surface area (Å²) in [6.45, 7) is 1.45. The van der Waals surface area contributed by atoms with Crippen molar-refractivity contribution in [1.82, 2.24) is 20.4 Å². The lowest BCUT2D eigenvalue weighted by Crippen LogP contribution is -2.40. The van der Waals surface area contributed by atoms with Crippen LogP contribution in [0, 0.1) is 5.82 Å². The standard InChI is InChI=1S/C15H18ClFN4O2/c1-9(11-6-18-21(2)7-11)19-15(23)20-14(8-22)10-3-4-12(16)13(17)5-10/h3-7,9,14,22H,8H2,1-2H3,(H2,19,20,23). The maximum absolute atomic E-state index is 13.5. The summed E-state index contributed by atoms with van der Waals surface area (Å²) in [4.78, 5) is 12.0. The summed E-state index contributed by atoms with van der Waals surface area (Å²) >= 11 is 5.63. The molecule has 0 saturated heterocycles. The number of urea groups is 1. The third-order valence-electron chi connectivity index (χ3n) is 3.41. The highest BCUT2D eigenvalue weighted by molar-refractivity contribution is 6.30. The van der Waals surface area contributed by atoms with Gasteiger partial charge in [-0.25, -0.2) is 9.18 Å². The Morgan fingerprint density at radius 3 is 2.74 bits per heavy atom. The van der Waals surface area contributed by atoms with E-state index in [1.165, 1.54) is 12.1 Å². The molecule has 0 aliphatic carbocycles. The molecule has 23 heavy (non-hydrogen) atoms. The molecule has 2 aromatic rings. The lowest BCUT2D eigenvalue weighted by atomic mass is 10.1. The van der Waals surface area contributed by atoms with Crippen molar-refractivity contribution in [1.29, 1.82) is 0 Å². The number of carbonyl (C=O) groups is 1. The molecule has 0 spiro atoms. The number of rotatable bonds is 5. The van der Waals surface area contributed by atoms with Crippen LogP contribution < -0.4 is 10.6 Å². The van der Waals surface area contributed by atoms with Crippen molar-refractivity contribution in [2.75, 3.05) is 6.61 Å². The van der Waals surface area contributed by atoms with Gasteiger partial charge < -0.3 is 15.7 Å². The Labute approximate surface area is 138 Å². The molecule has 1 aromatic carbocycles. The van der Waals surface area contributed by atoms with Crippen molar-refractivity contribution in [2.24, 2.45) is 7.05 Å². The average molecular weight is 341 g/mol. The van der Waals surface area contributed by atoms with Gasteiger partial charge in [0.1, 0.15) is 5.82 Å². The van der Waals surface area contributed by atoms with Gasteiger partial charge in [-0.2, -0.15) is 5.10 Å². The minimum absolute atomic E-state index is 0.0138. The van der Waals surface area contributed by atoms with Crippen LogP contribution >= 0.6 is 11.6 Å². The number of nitrogens with one attached hydrogen (secondary N) is 2. The number of aryl methyl sites for hydroxylation is 1. The first kappa shape index (κ1) is 17.2. The van der Waals surface area contributed by atoms with E-state index in [4.69, 9.17) is 11.6 Å². The van der Waals surface area contributed by atoms with Crippen LogP contribution in [0.2, 0.25) is 5.02 Å². The largest absolute Gasteiger partial charge is 0.394 e. The maximum Gasteiger partial charge on any atom is 0.315 e. The first-order valence-electron chi connectivity index (χ1n) is 7.02. The smallest absolute Gasteiger partial charge is 0.315 e. The molecule has 3 N–H and O–H groups in total. The molecule has 1 aromatic heterocycles. The number of carbonyl (C=O) groups excluding carboxylic acids is 1. The van der Waals surface area contributed by atoms with Crippen LogP contribution in [0.5, 0.6) is 0 Å². The Morgan fingerprint density at radius 1 is 1.43 bits per heavy atom. The summed E-state index contributed by atoms with van der Waals surface area (Å²) in [7, 11) is 1.78. The number of hydrogen-bond acceptors (Lipinski definition) is 3. The Bertz CT molecular complexity index is 692. The minimum Gasteiger partial charge on any atom is -0.394 e. The summed E-state index contributed by atoms with van der Waals surface area (Å²) in [5.41, 5.74) is 1.28. The molecule has 2 amide bonds. The lowest BCUT2D eigenvalue weighted by Gasteiger charge is -2.19. The van der Waals surface area contributed by atoms with E-state index in [1.54, 1.807) is 30.2 Å². The van der Waals surface area contributed by atoms with Gasteiger partial charge in [0, 0.05) is 18.8 Å². The fraction of sp³-hybridized carbons (Fsp3) is 0.333. The van der Waals surface area contributed by atoms with E-state index < -0.39 is 17.9 Å². The molecule has 0 aliphatic rings. The first-order valence-corrected chi connectivity index (χ1v) is 7.40. The number of benzene rings is 1. The van der Waals surface area contributed by atoms with Gasteiger partial charge in [-0.15, -0.1) is 0 Å². The van der Waals surface area contributed by atoms with Crippen LogP contribution in [-0.2, 0) is 7.05 Å². The van der Waals surface area contributed by atoms with Gasteiger partial charge in [-0.05, 0) is 24.6 Å². The number of hydrogen-bond donors (Lipinski definition) is 3. The molecule has 0 aliphatic heterocycles. The predicted molar refractivity (Wildman–Crippen MR) is 84.5 cm³/mol. The van der Waals surface area contributed by atoms with Gasteiger partial charge in [0.05, 0.1) is 29.9 Å². The molecule has 6 nitrogen and oxygen atoms in total. The van der Waals surface area contributed by atoms with Crippen LogP contribution in [0.25, 0.3) is 0 Å². The number of nitrogens with zero attached hydrogens (tertiary/aromatic N) is 2. The Kier molecular flexibility index (Phi) is 5.57. The number of aliphatic hydroxyl groups is 1. The number of aliphatic hydroxyl groups excluding tert-OH is 1. The molecule has 0 bridgehead atoms. The molecular weight excluding hydrogens is 323 g/mol. The fourth-order valence-electron chi connectivity index (χ4n) is 2.11. The third-order valence-corrected chi connectivity index (χ3v) is 3.71. The number of aromatic nitrogens is 2. The van der Waals surface area contributed by atoms with Gasteiger partial charge in [0.25, 0.3) is 0 Å². The highest BCUT2D eigenvalue weighted by Gasteiger charge is 2.17. The van der Waals surface area contributed by atoms with Crippen LogP contribution in [0.1, 0.15) is 30.1 Å². The minimum atomic E-state index is -0.733. The van der Waals surface area contributed by atoms with Crippen molar-refractivity contribution in [3.8, 4) is 0 Å². The van der Waals surface area contributed by atoms with Gasteiger partial charge in [-0.1, -0.05) is 17.7 Å². The van der Waals surface area contributed by atoms with Gasteiger partial charge in [0.2, 0.25) is 0 Å². The van der Waals surface area contributed by atoms with Crippen molar-refractivity contribution < 1.29 is 14.3 Å². The van der Waals surface area contributed by atoms with E-state index in [1.807, 2.05) is 6.92 Å². The quantitative estimate of drug-likeness (QED) is 0.781. The van der Waals surface area contributed by atoms with Gasteiger partial charge >= 0.3 is 6.03 Å². The summed E-state index contributed by atoms with van der Waals surface area (Å²) < 4.78 is 15.1. The Hall–Kier alpha value is -2.12. The van der Waals surface area contributed by atoms with Crippen molar-refractivity contribution in [3.05, 3.63) is 52.6 Å². The van der Waals surface area contributed by atoms with Crippen molar-refractivity contribution in [2.45, 2.75) is 19.0 Å². The molecular formula is C15H18ClFN4O2. The Balaban J connectivity index is 2.00. The molecule has 2 unspecified atom stereocenters. The van der Waals surface area contributed by atoms with E-state index in [9.17, 15) is 14.3 Å². The van der Waals surface area contributed by atoms with Gasteiger partial charge in [0.15, 0.2) is 0 Å². The van der Waals surface area contributed by atoms with E-state index >= 15 is 0 Å². The van der Waals surface area contributed by atoms with E-state index in [0.29, 0.717) is 5.56 Å². The first-order chi connectivity index (χ1) is 10.9. The molecule has 1 heterocycles. The SMILES string of the molecule is CC(NC(=O)NC(CO)c1ccc(Cl)c(F)c1)c1cnn(C)c1. The second-order valence-electron chi connectivity index (χ2n) is 5.20. The van der Waals surface area contributed by atoms with E-state index in [2.05, 4.69) is 15.7 Å². The Morgan fingerprint density at radius 2 is 2.17 bits per heavy atom. The normalized spacial score (nSPS) is 13.4. The summed E-state index contributed by atoms with van der Waals surface area (Å²) in [6, 6.07) is 2.65. The average Bonchev–Trinajstić information content (AvgIpc) is 2.94. The second kappa shape index (κ2) is 7.43. The third kappa shape index (κ3) is 4.43. The molecule has 2 rings (SSSR count). The zero-order chi connectivity index (χ0) is 17.0. The van der Waals surface area contributed by atoms with Crippen molar-refractivity contribution >= 4 is 17.6 Å². The second-order valence-corrected chi connectivity index (χ2v) is 5.60. The predicted octanol–water partition coefficient (Wildman–Crippen LogP) is 2.31. The monoisotopic (exact) mass is 340 g/mol. The lowest BCUT2D eigenvalue weighted by molar-refractivity contribution is 0.214. The zero-order valence-electron chi connectivity index (χ0n) is 12.8. The van der Waals surface area contributed by atoms with Crippen molar-refractivity contribution in [3.63, 3.8) is 0 Å². The molecule has 124 valence electrons. The van der Waals surface area contributed by atoms with Crippen LogP contribution in [-0.4, -0.2) is 27.5 Å². The van der Waals surface area contributed by atoms with Crippen LogP contribution in [0.15, 0.2) is 30.6 Å². The summed E-state index contributed by atoms with van der Waals surface area (Å²) in [5.74, 6) is -0.603. The van der Waals surface area contributed by atoms with E-state index in [-0.39, 0.29) is 17.7 Å². The van der Waals surface area contributed by atoms with E-state index in [0.717, 1.165) is 5.56 Å².